The van der Waals surface area contributed by atoms with E-state index in [9.17, 15) is 4.79 Å². The summed E-state index contributed by atoms with van der Waals surface area (Å²) in [6, 6.07) is 8.86. The maximum absolute atomic E-state index is 10.8. The van der Waals surface area contributed by atoms with E-state index in [1.165, 1.54) is 0 Å². The summed E-state index contributed by atoms with van der Waals surface area (Å²) < 4.78 is 1.75. The van der Waals surface area contributed by atoms with E-state index in [1.807, 2.05) is 25.4 Å². The normalized spacial score (nSPS) is 10.5. The predicted octanol–water partition coefficient (Wildman–Crippen LogP) is 1.41. The number of hydrogen-bond acceptors (Lipinski definition) is 3. The quantitative estimate of drug-likeness (QED) is 0.835. The molecule has 0 amide bonds. The molecule has 18 heavy (non-hydrogen) atoms. The predicted molar refractivity (Wildman–Crippen MR) is 67.2 cm³/mol. The number of hydrogen-bond donors (Lipinski definition) is 2. The van der Waals surface area contributed by atoms with E-state index in [1.54, 1.807) is 22.9 Å². The molecular weight excluding hydrogens is 230 g/mol. The van der Waals surface area contributed by atoms with Crippen LogP contribution in [-0.4, -0.2) is 20.9 Å². The maximum atomic E-state index is 10.8. The topological polar surface area (TPSA) is 67.2 Å². The summed E-state index contributed by atoms with van der Waals surface area (Å²) in [6.45, 7) is 1.29. The molecule has 0 atom stereocenters. The third kappa shape index (κ3) is 3.18. The Kier molecular flexibility index (Phi) is 3.74. The monoisotopic (exact) mass is 245 g/mol. The fourth-order valence-corrected chi connectivity index (χ4v) is 1.71. The van der Waals surface area contributed by atoms with Gasteiger partial charge in [0.1, 0.15) is 0 Å². The van der Waals surface area contributed by atoms with Gasteiger partial charge in [0.25, 0.3) is 0 Å². The van der Waals surface area contributed by atoms with E-state index < -0.39 is 5.97 Å². The number of nitrogens with one attached hydrogen (secondary N) is 1. The summed E-state index contributed by atoms with van der Waals surface area (Å²) in [7, 11) is 1.87. The van der Waals surface area contributed by atoms with Crippen LogP contribution >= 0.6 is 0 Å². The summed E-state index contributed by atoms with van der Waals surface area (Å²) in [4.78, 5) is 10.8. The fourth-order valence-electron chi connectivity index (χ4n) is 1.71. The molecule has 0 aliphatic heterocycles. The zero-order valence-corrected chi connectivity index (χ0v) is 10.1. The molecule has 1 aromatic heterocycles. The zero-order valence-electron chi connectivity index (χ0n) is 10.1. The Morgan fingerprint density at radius 3 is 2.89 bits per heavy atom. The highest BCUT2D eigenvalue weighted by molar-refractivity contribution is 5.87. The van der Waals surface area contributed by atoms with Crippen LogP contribution in [0.5, 0.6) is 0 Å². The van der Waals surface area contributed by atoms with Gasteiger partial charge >= 0.3 is 5.97 Å². The molecular formula is C13H15N3O2. The lowest BCUT2D eigenvalue weighted by atomic mass is 10.1. The van der Waals surface area contributed by atoms with Crippen molar-refractivity contribution in [3.63, 3.8) is 0 Å². The number of aromatic nitrogens is 2. The van der Waals surface area contributed by atoms with Gasteiger partial charge in [-0.05, 0) is 23.8 Å². The SMILES string of the molecule is Cn1ccc(CNCc2cccc(C(=O)O)c2)n1. The van der Waals surface area contributed by atoms with Crippen LogP contribution in [0, 0.1) is 0 Å². The Morgan fingerprint density at radius 2 is 2.22 bits per heavy atom. The van der Waals surface area contributed by atoms with E-state index in [2.05, 4.69) is 10.4 Å². The molecule has 0 bridgehead atoms. The lowest BCUT2D eigenvalue weighted by Gasteiger charge is -2.04. The zero-order chi connectivity index (χ0) is 13.0. The Hall–Kier alpha value is -2.14. The molecule has 2 rings (SSSR count). The smallest absolute Gasteiger partial charge is 0.335 e. The average molecular weight is 245 g/mol. The number of carboxylic acids is 1. The Bertz CT molecular complexity index is 549. The van der Waals surface area contributed by atoms with Gasteiger partial charge in [0.15, 0.2) is 0 Å². The number of nitrogens with zero attached hydrogens (tertiary/aromatic N) is 2. The number of aromatic carboxylic acids is 1. The Labute approximate surface area is 105 Å². The van der Waals surface area contributed by atoms with Crippen LogP contribution in [0.4, 0.5) is 0 Å². The van der Waals surface area contributed by atoms with Crippen LogP contribution in [0.3, 0.4) is 0 Å². The van der Waals surface area contributed by atoms with Crippen molar-refractivity contribution in [2.75, 3.05) is 0 Å². The second-order valence-corrected chi connectivity index (χ2v) is 4.09. The van der Waals surface area contributed by atoms with Crippen LogP contribution in [0.2, 0.25) is 0 Å². The molecule has 0 saturated heterocycles. The summed E-state index contributed by atoms with van der Waals surface area (Å²) in [5.41, 5.74) is 2.23. The van der Waals surface area contributed by atoms with Crippen molar-refractivity contribution in [3.8, 4) is 0 Å². The van der Waals surface area contributed by atoms with Gasteiger partial charge in [0.2, 0.25) is 0 Å². The molecule has 0 unspecified atom stereocenters. The molecule has 5 heteroatoms. The summed E-state index contributed by atoms with van der Waals surface area (Å²) >= 11 is 0. The summed E-state index contributed by atoms with van der Waals surface area (Å²) in [5, 5.41) is 16.4. The van der Waals surface area contributed by atoms with Crippen molar-refractivity contribution in [2.24, 2.45) is 7.05 Å². The van der Waals surface area contributed by atoms with Gasteiger partial charge in [0.05, 0.1) is 11.3 Å². The third-order valence-corrected chi connectivity index (χ3v) is 2.58. The molecule has 2 aromatic rings. The number of rotatable bonds is 5. The van der Waals surface area contributed by atoms with Crippen LogP contribution in [0.15, 0.2) is 36.5 Å². The molecule has 0 radical (unpaired) electrons. The molecule has 0 spiro atoms. The third-order valence-electron chi connectivity index (χ3n) is 2.58. The molecule has 1 heterocycles. The lowest BCUT2D eigenvalue weighted by molar-refractivity contribution is 0.0696. The standard InChI is InChI=1S/C13H15N3O2/c1-16-6-5-12(15-16)9-14-8-10-3-2-4-11(7-10)13(17)18/h2-7,14H,8-9H2,1H3,(H,17,18). The number of carbonyl (C=O) groups is 1. The van der Waals surface area contributed by atoms with Gasteiger partial charge in [0, 0.05) is 26.3 Å². The molecule has 5 nitrogen and oxygen atoms in total. The average Bonchev–Trinajstić information content (AvgIpc) is 2.75. The van der Waals surface area contributed by atoms with Crippen LogP contribution < -0.4 is 5.32 Å². The molecule has 0 aliphatic rings. The summed E-state index contributed by atoms with van der Waals surface area (Å²) in [6.07, 6.45) is 1.89. The molecule has 1 aromatic carbocycles. The largest absolute Gasteiger partial charge is 0.478 e. The lowest BCUT2D eigenvalue weighted by Crippen LogP contribution is -2.13. The van der Waals surface area contributed by atoms with E-state index in [0.29, 0.717) is 18.7 Å². The van der Waals surface area contributed by atoms with Crippen molar-refractivity contribution in [1.29, 1.82) is 0 Å². The molecule has 2 N–H and O–H groups in total. The number of aryl methyl sites for hydroxylation is 1. The molecule has 94 valence electrons. The van der Waals surface area contributed by atoms with Crippen molar-refractivity contribution in [2.45, 2.75) is 13.1 Å². The highest BCUT2D eigenvalue weighted by Gasteiger charge is 2.03. The first-order valence-electron chi connectivity index (χ1n) is 5.66. The van der Waals surface area contributed by atoms with Gasteiger partial charge in [-0.3, -0.25) is 4.68 Å². The Morgan fingerprint density at radius 1 is 1.39 bits per heavy atom. The van der Waals surface area contributed by atoms with Crippen molar-refractivity contribution in [3.05, 3.63) is 53.3 Å². The molecule has 0 saturated carbocycles. The molecule has 0 aliphatic carbocycles. The number of benzene rings is 1. The molecule has 0 fully saturated rings. The van der Waals surface area contributed by atoms with Crippen molar-refractivity contribution in [1.82, 2.24) is 15.1 Å². The minimum Gasteiger partial charge on any atom is -0.478 e. The van der Waals surface area contributed by atoms with Gasteiger partial charge in [-0.1, -0.05) is 12.1 Å². The first-order chi connectivity index (χ1) is 8.65. The minimum absolute atomic E-state index is 0.312. The van der Waals surface area contributed by atoms with Gasteiger partial charge < -0.3 is 10.4 Å². The summed E-state index contributed by atoms with van der Waals surface area (Å²) in [5.74, 6) is -0.901. The second-order valence-electron chi connectivity index (χ2n) is 4.09. The van der Waals surface area contributed by atoms with Crippen LogP contribution in [-0.2, 0) is 20.1 Å². The van der Waals surface area contributed by atoms with Crippen molar-refractivity contribution < 1.29 is 9.90 Å². The highest BCUT2D eigenvalue weighted by Crippen LogP contribution is 2.05. The fraction of sp³-hybridized carbons (Fsp3) is 0.231. The van der Waals surface area contributed by atoms with Crippen LogP contribution in [0.25, 0.3) is 0 Å². The van der Waals surface area contributed by atoms with E-state index in [4.69, 9.17) is 5.11 Å². The highest BCUT2D eigenvalue weighted by atomic mass is 16.4. The van der Waals surface area contributed by atoms with Gasteiger partial charge in [-0.15, -0.1) is 0 Å². The first-order valence-corrected chi connectivity index (χ1v) is 5.66. The second kappa shape index (κ2) is 5.46. The van der Waals surface area contributed by atoms with Gasteiger partial charge in [-0.25, -0.2) is 4.79 Å². The van der Waals surface area contributed by atoms with E-state index in [0.717, 1.165) is 11.3 Å². The maximum Gasteiger partial charge on any atom is 0.335 e. The minimum atomic E-state index is -0.901. The van der Waals surface area contributed by atoms with Gasteiger partial charge in [-0.2, -0.15) is 5.10 Å². The van der Waals surface area contributed by atoms with Crippen LogP contribution in [0.1, 0.15) is 21.6 Å². The van der Waals surface area contributed by atoms with E-state index in [-0.39, 0.29) is 0 Å². The van der Waals surface area contributed by atoms with Crippen molar-refractivity contribution >= 4 is 5.97 Å². The van der Waals surface area contributed by atoms with E-state index >= 15 is 0 Å². The number of carboxylic acid groups (broad SMARTS) is 1. The Balaban J connectivity index is 1.90. The first kappa shape index (κ1) is 12.3.